The maximum absolute atomic E-state index is 10.4. The Hall–Kier alpha value is -3.11. The number of para-hydroxylation sites is 2. The number of aromatic nitrogens is 2. The molecule has 1 aliphatic rings. The highest BCUT2D eigenvalue weighted by molar-refractivity contribution is 5.76. The molecule has 0 bridgehead atoms. The highest BCUT2D eigenvalue weighted by Gasteiger charge is 2.36. The molecule has 2 N–H and O–H groups in total. The molecule has 1 saturated carbocycles. The standard InChI is InChI=1S/C28H31N3O/c1-19-7-11-21(12-8-19)17-24(18-32)30-25-5-3-4-6-26(25)31(28(30)29)27(23-15-16-23)22-13-9-20(2)10-14-22/h3-14,23-24,27,29,32H,15-18H2,1-2H3/t24-,27?/m0/s1. The van der Waals surface area contributed by atoms with Crippen molar-refractivity contribution in [3.63, 3.8) is 0 Å². The summed E-state index contributed by atoms with van der Waals surface area (Å²) in [4.78, 5) is 0. The van der Waals surface area contributed by atoms with Crippen molar-refractivity contribution in [3.8, 4) is 0 Å². The first-order chi connectivity index (χ1) is 15.6. The van der Waals surface area contributed by atoms with Crippen molar-refractivity contribution in [3.05, 3.63) is 101 Å². The molecule has 1 heterocycles. The number of nitrogens with zero attached hydrogens (tertiary/aromatic N) is 2. The number of nitrogens with one attached hydrogen (secondary N) is 1. The Kier molecular flexibility index (Phi) is 5.48. The molecule has 4 nitrogen and oxygen atoms in total. The van der Waals surface area contributed by atoms with Crippen LogP contribution in [0.4, 0.5) is 0 Å². The van der Waals surface area contributed by atoms with Crippen LogP contribution in [-0.2, 0) is 6.42 Å². The lowest BCUT2D eigenvalue weighted by atomic mass is 10.0. The molecule has 2 atom stereocenters. The highest BCUT2D eigenvalue weighted by atomic mass is 16.3. The molecule has 32 heavy (non-hydrogen) atoms. The predicted molar refractivity (Wildman–Crippen MR) is 129 cm³/mol. The topological polar surface area (TPSA) is 53.9 Å². The van der Waals surface area contributed by atoms with Crippen molar-refractivity contribution < 1.29 is 5.11 Å². The van der Waals surface area contributed by atoms with Crippen molar-refractivity contribution >= 4 is 11.0 Å². The minimum absolute atomic E-state index is 0.00292. The lowest BCUT2D eigenvalue weighted by Gasteiger charge is -2.21. The molecule has 3 aromatic carbocycles. The number of rotatable bonds is 7. The van der Waals surface area contributed by atoms with Gasteiger partial charge in [-0.05, 0) is 62.3 Å². The molecule has 0 spiro atoms. The van der Waals surface area contributed by atoms with Crippen molar-refractivity contribution in [1.82, 2.24) is 9.13 Å². The van der Waals surface area contributed by atoms with Gasteiger partial charge < -0.3 is 14.2 Å². The summed E-state index contributed by atoms with van der Waals surface area (Å²) in [5, 5.41) is 19.6. The number of fused-ring (bicyclic) bond motifs is 1. The smallest absolute Gasteiger partial charge is 0.203 e. The SMILES string of the molecule is Cc1ccc(C[C@@H](CO)n2c(=N)n(C(c3ccc(C)cc3)C3CC3)c3ccccc32)cc1. The van der Waals surface area contributed by atoms with Gasteiger partial charge in [-0.3, -0.25) is 5.41 Å². The second-order valence-corrected chi connectivity index (χ2v) is 9.27. The highest BCUT2D eigenvalue weighted by Crippen LogP contribution is 2.44. The number of aryl methyl sites for hydroxylation is 2. The Morgan fingerprint density at radius 3 is 1.97 bits per heavy atom. The molecule has 0 radical (unpaired) electrons. The van der Waals surface area contributed by atoms with Crippen LogP contribution in [0.3, 0.4) is 0 Å². The summed E-state index contributed by atoms with van der Waals surface area (Å²) >= 11 is 0. The van der Waals surface area contributed by atoms with Gasteiger partial charge >= 0.3 is 0 Å². The molecule has 0 aliphatic heterocycles. The van der Waals surface area contributed by atoms with Gasteiger partial charge in [0.2, 0.25) is 5.62 Å². The number of benzene rings is 3. The maximum atomic E-state index is 10.4. The molecule has 1 aromatic heterocycles. The third kappa shape index (κ3) is 3.80. The van der Waals surface area contributed by atoms with Crippen LogP contribution in [0.2, 0.25) is 0 Å². The quantitative estimate of drug-likeness (QED) is 0.414. The van der Waals surface area contributed by atoms with Gasteiger partial charge in [0.05, 0.1) is 29.7 Å². The summed E-state index contributed by atoms with van der Waals surface area (Å²) < 4.78 is 4.24. The second kappa shape index (κ2) is 8.44. The van der Waals surface area contributed by atoms with E-state index in [1.165, 1.54) is 35.1 Å². The lowest BCUT2D eigenvalue weighted by molar-refractivity contribution is 0.224. The van der Waals surface area contributed by atoms with Gasteiger partial charge in [-0.2, -0.15) is 0 Å². The predicted octanol–water partition coefficient (Wildman–Crippen LogP) is 5.31. The minimum Gasteiger partial charge on any atom is -0.394 e. The molecule has 164 valence electrons. The van der Waals surface area contributed by atoms with Gasteiger partial charge in [0, 0.05) is 0 Å². The van der Waals surface area contributed by atoms with E-state index in [1.807, 2.05) is 10.6 Å². The number of hydrogen-bond acceptors (Lipinski definition) is 2. The largest absolute Gasteiger partial charge is 0.394 e. The number of aliphatic hydroxyl groups is 1. The van der Waals surface area contributed by atoms with E-state index in [0.29, 0.717) is 18.0 Å². The number of imidazole rings is 1. The normalized spacial score (nSPS) is 15.7. The zero-order valence-corrected chi connectivity index (χ0v) is 18.8. The Morgan fingerprint density at radius 2 is 1.41 bits per heavy atom. The van der Waals surface area contributed by atoms with Crippen molar-refractivity contribution in [2.75, 3.05) is 6.61 Å². The monoisotopic (exact) mass is 425 g/mol. The van der Waals surface area contributed by atoms with Crippen molar-refractivity contribution in [2.45, 2.75) is 45.2 Å². The third-order valence-electron chi connectivity index (χ3n) is 6.79. The van der Waals surface area contributed by atoms with Gasteiger partial charge in [-0.1, -0.05) is 71.8 Å². The fourth-order valence-electron chi connectivity index (χ4n) is 4.91. The number of hydrogen-bond donors (Lipinski definition) is 2. The van der Waals surface area contributed by atoms with E-state index in [4.69, 9.17) is 0 Å². The van der Waals surface area contributed by atoms with E-state index >= 15 is 0 Å². The zero-order chi connectivity index (χ0) is 22.2. The van der Waals surface area contributed by atoms with Crippen molar-refractivity contribution in [2.24, 2.45) is 5.92 Å². The van der Waals surface area contributed by atoms with Crippen LogP contribution < -0.4 is 5.62 Å². The summed E-state index contributed by atoms with van der Waals surface area (Å²) in [6, 6.07) is 25.5. The summed E-state index contributed by atoms with van der Waals surface area (Å²) in [6.45, 7) is 4.19. The van der Waals surface area contributed by atoms with E-state index in [1.54, 1.807) is 0 Å². The van der Waals surface area contributed by atoms with E-state index in [9.17, 15) is 10.5 Å². The van der Waals surface area contributed by atoms with E-state index < -0.39 is 0 Å². The van der Waals surface area contributed by atoms with Gasteiger partial charge in [0.1, 0.15) is 0 Å². The fraction of sp³-hybridized carbons (Fsp3) is 0.321. The summed E-state index contributed by atoms with van der Waals surface area (Å²) in [5.74, 6) is 0.552. The molecule has 1 unspecified atom stereocenters. The second-order valence-electron chi connectivity index (χ2n) is 9.27. The van der Waals surface area contributed by atoms with Crippen molar-refractivity contribution in [1.29, 1.82) is 5.41 Å². The summed E-state index contributed by atoms with van der Waals surface area (Å²) in [6.07, 6.45) is 3.08. The van der Waals surface area contributed by atoms with Crippen LogP contribution in [0.5, 0.6) is 0 Å². The molecule has 4 aromatic rings. The van der Waals surface area contributed by atoms with Crippen LogP contribution in [-0.4, -0.2) is 20.8 Å². The molecule has 0 saturated heterocycles. The maximum Gasteiger partial charge on any atom is 0.203 e. The van der Waals surface area contributed by atoms with Crippen LogP contribution in [0.25, 0.3) is 11.0 Å². The summed E-state index contributed by atoms with van der Waals surface area (Å²) in [5.41, 5.74) is 7.47. The van der Waals surface area contributed by atoms with Crippen LogP contribution in [0.1, 0.15) is 47.2 Å². The Balaban J connectivity index is 1.65. The Morgan fingerprint density at radius 1 is 0.844 bits per heavy atom. The van der Waals surface area contributed by atoms with E-state index in [2.05, 4.69) is 85.1 Å². The molecule has 0 amide bonds. The average Bonchev–Trinajstić information content (AvgIpc) is 3.60. The average molecular weight is 426 g/mol. The first kappa shape index (κ1) is 20.8. The zero-order valence-electron chi connectivity index (χ0n) is 18.8. The Bertz CT molecular complexity index is 1280. The Labute approximate surface area is 189 Å². The van der Waals surface area contributed by atoms with E-state index in [0.717, 1.165) is 11.0 Å². The number of aliphatic hydroxyl groups excluding tert-OH is 1. The molecule has 1 aliphatic carbocycles. The van der Waals surface area contributed by atoms with Crippen LogP contribution in [0, 0.1) is 25.2 Å². The van der Waals surface area contributed by atoms with Gasteiger partial charge in [-0.15, -0.1) is 0 Å². The van der Waals surface area contributed by atoms with Gasteiger partial charge in [0.15, 0.2) is 0 Å². The first-order valence-electron chi connectivity index (χ1n) is 11.6. The third-order valence-corrected chi connectivity index (χ3v) is 6.79. The molecular weight excluding hydrogens is 394 g/mol. The van der Waals surface area contributed by atoms with Crippen LogP contribution >= 0.6 is 0 Å². The minimum atomic E-state index is -0.186. The molecular formula is C28H31N3O. The molecule has 1 fully saturated rings. The molecule has 5 rings (SSSR count). The first-order valence-corrected chi connectivity index (χ1v) is 11.6. The summed E-state index contributed by atoms with van der Waals surface area (Å²) in [7, 11) is 0. The fourth-order valence-corrected chi connectivity index (χ4v) is 4.91. The van der Waals surface area contributed by atoms with Crippen LogP contribution in [0.15, 0.2) is 72.8 Å². The lowest BCUT2D eigenvalue weighted by Crippen LogP contribution is -2.33. The van der Waals surface area contributed by atoms with Gasteiger partial charge in [0.25, 0.3) is 0 Å². The van der Waals surface area contributed by atoms with Gasteiger partial charge in [-0.25, -0.2) is 0 Å². The molecule has 4 heteroatoms. The van der Waals surface area contributed by atoms with E-state index in [-0.39, 0.29) is 18.7 Å².